The summed E-state index contributed by atoms with van der Waals surface area (Å²) in [5.41, 5.74) is 2.22. The fraction of sp³-hybridized carbons (Fsp3) is 0.0370. The van der Waals surface area contributed by atoms with Crippen LogP contribution < -0.4 is 10.1 Å². The molecule has 0 saturated heterocycles. The van der Waals surface area contributed by atoms with Gasteiger partial charge in [0.1, 0.15) is 24.0 Å². The third-order valence-corrected chi connectivity index (χ3v) is 5.75. The normalized spacial score (nSPS) is 11.1. The van der Waals surface area contributed by atoms with E-state index in [2.05, 4.69) is 23.5 Å². The van der Waals surface area contributed by atoms with E-state index in [9.17, 15) is 10.1 Å². The zero-order chi connectivity index (χ0) is 23.2. The van der Waals surface area contributed by atoms with Crippen LogP contribution in [0.3, 0.4) is 0 Å². The van der Waals surface area contributed by atoms with Gasteiger partial charge in [-0.3, -0.25) is 4.79 Å². The Morgan fingerprint density at radius 3 is 2.45 bits per heavy atom. The predicted octanol–water partition coefficient (Wildman–Crippen LogP) is 7.27. The Hall–Kier alpha value is -3.78. The zero-order valence-electron chi connectivity index (χ0n) is 17.4. The van der Waals surface area contributed by atoms with E-state index in [0.717, 1.165) is 10.9 Å². The van der Waals surface area contributed by atoms with Crippen molar-refractivity contribution in [2.45, 2.75) is 6.61 Å². The summed E-state index contributed by atoms with van der Waals surface area (Å²) in [4.78, 5) is 12.5. The lowest BCUT2D eigenvalue weighted by Gasteiger charge is -2.09. The number of carbonyl (C=O) groups excluding carboxylic acids is 1. The number of rotatable bonds is 6. The van der Waals surface area contributed by atoms with Gasteiger partial charge in [0.15, 0.2) is 0 Å². The van der Waals surface area contributed by atoms with Gasteiger partial charge < -0.3 is 10.1 Å². The lowest BCUT2D eigenvalue weighted by molar-refractivity contribution is -0.112. The topological polar surface area (TPSA) is 62.1 Å². The number of fused-ring (bicyclic) bond motifs is 1. The maximum Gasteiger partial charge on any atom is 0.266 e. The van der Waals surface area contributed by atoms with E-state index in [-0.39, 0.29) is 5.57 Å². The predicted molar refractivity (Wildman–Crippen MR) is 133 cm³/mol. The second-order valence-electron chi connectivity index (χ2n) is 7.25. The summed E-state index contributed by atoms with van der Waals surface area (Å²) in [7, 11) is 0. The minimum absolute atomic E-state index is 0.0366. The Kier molecular flexibility index (Phi) is 6.95. The molecule has 0 aliphatic carbocycles. The number of anilines is 1. The van der Waals surface area contributed by atoms with Gasteiger partial charge in [-0.15, -0.1) is 0 Å². The molecular formula is C27H18Cl2N2O2. The molecule has 1 N–H and O–H groups in total. The van der Waals surface area contributed by atoms with Gasteiger partial charge >= 0.3 is 0 Å². The number of nitriles is 1. The number of hydrogen-bond acceptors (Lipinski definition) is 3. The van der Waals surface area contributed by atoms with Gasteiger partial charge in [0.25, 0.3) is 5.91 Å². The second kappa shape index (κ2) is 10.2. The van der Waals surface area contributed by atoms with Crippen molar-refractivity contribution < 1.29 is 9.53 Å². The maximum atomic E-state index is 12.5. The van der Waals surface area contributed by atoms with Crippen LogP contribution in [0.15, 0.2) is 90.5 Å². The van der Waals surface area contributed by atoms with Crippen molar-refractivity contribution in [3.63, 3.8) is 0 Å². The lowest BCUT2D eigenvalue weighted by atomic mass is 10.1. The Morgan fingerprint density at radius 1 is 0.939 bits per heavy atom. The summed E-state index contributed by atoms with van der Waals surface area (Å²) < 4.78 is 5.95. The number of halogens is 2. The van der Waals surface area contributed by atoms with E-state index in [1.54, 1.807) is 24.3 Å². The van der Waals surface area contributed by atoms with Gasteiger partial charge in [-0.1, -0.05) is 77.8 Å². The molecule has 0 radical (unpaired) electrons. The first kappa shape index (κ1) is 22.4. The molecule has 1 amide bonds. The first-order valence-electron chi connectivity index (χ1n) is 10.1. The van der Waals surface area contributed by atoms with E-state index in [1.165, 1.54) is 17.5 Å². The molecule has 4 aromatic carbocycles. The molecule has 0 atom stereocenters. The van der Waals surface area contributed by atoms with E-state index in [0.29, 0.717) is 33.7 Å². The third-order valence-electron chi connectivity index (χ3n) is 5.01. The van der Waals surface area contributed by atoms with E-state index >= 15 is 0 Å². The number of hydrogen-bond donors (Lipinski definition) is 1. The van der Waals surface area contributed by atoms with Gasteiger partial charge in [0.2, 0.25) is 0 Å². The summed E-state index contributed by atoms with van der Waals surface area (Å²) >= 11 is 11.9. The number of nitrogens with one attached hydrogen (secondary N) is 1. The smallest absolute Gasteiger partial charge is 0.266 e. The fourth-order valence-electron chi connectivity index (χ4n) is 3.33. The van der Waals surface area contributed by atoms with Crippen molar-refractivity contribution in [1.82, 2.24) is 0 Å². The Morgan fingerprint density at radius 2 is 1.70 bits per heavy atom. The summed E-state index contributed by atoms with van der Waals surface area (Å²) in [6.45, 7) is 0.437. The molecule has 6 heteroatoms. The first-order valence-corrected chi connectivity index (χ1v) is 10.9. The van der Waals surface area contributed by atoms with Crippen LogP contribution in [0.1, 0.15) is 11.1 Å². The Bertz CT molecular complexity index is 1380. The molecule has 0 saturated carbocycles. The quantitative estimate of drug-likeness (QED) is 0.237. The van der Waals surface area contributed by atoms with Crippen LogP contribution in [-0.2, 0) is 11.4 Å². The fourth-order valence-corrected chi connectivity index (χ4v) is 3.63. The zero-order valence-corrected chi connectivity index (χ0v) is 18.9. The molecule has 33 heavy (non-hydrogen) atoms. The van der Waals surface area contributed by atoms with Crippen LogP contribution in [0.5, 0.6) is 5.75 Å². The van der Waals surface area contributed by atoms with Crippen molar-refractivity contribution in [1.29, 1.82) is 5.26 Å². The number of ether oxygens (including phenoxy) is 1. The van der Waals surface area contributed by atoms with Crippen molar-refractivity contribution in [3.05, 3.63) is 112 Å². The van der Waals surface area contributed by atoms with Gasteiger partial charge in [-0.2, -0.15) is 5.26 Å². The summed E-state index contributed by atoms with van der Waals surface area (Å²) in [6, 6.07) is 28.2. The van der Waals surface area contributed by atoms with Crippen LogP contribution in [0.2, 0.25) is 10.0 Å². The molecule has 0 unspecified atom stereocenters. The maximum absolute atomic E-state index is 12.5. The van der Waals surface area contributed by atoms with Gasteiger partial charge in [0.05, 0.1) is 10.0 Å². The Balaban J connectivity index is 1.43. The molecule has 0 aliphatic heterocycles. The highest BCUT2D eigenvalue weighted by molar-refractivity contribution is 6.42. The number of carbonyl (C=O) groups is 1. The van der Waals surface area contributed by atoms with Gasteiger partial charge in [0, 0.05) is 5.69 Å². The molecule has 4 nitrogen and oxygen atoms in total. The Labute approximate surface area is 201 Å². The summed E-state index contributed by atoms with van der Waals surface area (Å²) in [5.74, 6) is 0.158. The summed E-state index contributed by atoms with van der Waals surface area (Å²) in [6.07, 6.45) is 1.52. The molecule has 162 valence electrons. The number of benzene rings is 4. The molecule has 0 bridgehead atoms. The number of amides is 1. The highest BCUT2D eigenvalue weighted by Crippen LogP contribution is 2.25. The van der Waals surface area contributed by atoms with Gasteiger partial charge in [-0.25, -0.2) is 0 Å². The molecule has 4 rings (SSSR count). The highest BCUT2D eigenvalue weighted by atomic mass is 35.5. The molecule has 0 aliphatic rings. The van der Waals surface area contributed by atoms with Crippen LogP contribution >= 0.6 is 23.2 Å². The molecule has 0 aromatic heterocycles. The van der Waals surface area contributed by atoms with Crippen molar-refractivity contribution in [2.24, 2.45) is 0 Å². The van der Waals surface area contributed by atoms with Crippen molar-refractivity contribution in [3.8, 4) is 11.8 Å². The highest BCUT2D eigenvalue weighted by Gasteiger charge is 2.11. The largest absolute Gasteiger partial charge is 0.489 e. The van der Waals surface area contributed by atoms with Gasteiger partial charge in [-0.05, 0) is 58.3 Å². The average Bonchev–Trinajstić information content (AvgIpc) is 2.84. The molecule has 4 aromatic rings. The first-order chi connectivity index (χ1) is 16.0. The molecular weight excluding hydrogens is 455 g/mol. The van der Waals surface area contributed by atoms with Crippen LogP contribution in [-0.4, -0.2) is 5.91 Å². The average molecular weight is 473 g/mol. The van der Waals surface area contributed by atoms with E-state index in [4.69, 9.17) is 27.9 Å². The SMILES string of the molecule is N#CC(=Cc1ccc(OCc2cccc3ccccc23)cc1)C(=O)Nc1ccc(Cl)c(Cl)c1. The number of nitrogens with zero attached hydrogens (tertiary/aromatic N) is 1. The second-order valence-corrected chi connectivity index (χ2v) is 8.06. The lowest BCUT2D eigenvalue weighted by Crippen LogP contribution is -2.13. The van der Waals surface area contributed by atoms with E-state index < -0.39 is 5.91 Å². The van der Waals surface area contributed by atoms with Crippen LogP contribution in [0.25, 0.3) is 16.8 Å². The third kappa shape index (κ3) is 5.53. The minimum Gasteiger partial charge on any atom is -0.489 e. The molecule has 0 fully saturated rings. The van der Waals surface area contributed by atoms with Crippen LogP contribution in [0, 0.1) is 11.3 Å². The van der Waals surface area contributed by atoms with Crippen LogP contribution in [0.4, 0.5) is 5.69 Å². The standard InChI is InChI=1S/C27H18Cl2N2O2/c28-25-13-10-22(15-26(25)29)31-27(32)21(16-30)14-18-8-11-23(12-9-18)33-17-20-6-3-5-19-4-1-2-7-24(19)20/h1-15H,17H2,(H,31,32). The van der Waals surface area contributed by atoms with Crippen molar-refractivity contribution >= 4 is 51.6 Å². The summed E-state index contributed by atoms with van der Waals surface area (Å²) in [5, 5.41) is 15.1. The monoisotopic (exact) mass is 472 g/mol. The molecule has 0 spiro atoms. The van der Waals surface area contributed by atoms with E-state index in [1.807, 2.05) is 42.5 Å². The molecule has 0 heterocycles. The van der Waals surface area contributed by atoms with Crippen molar-refractivity contribution in [2.75, 3.05) is 5.32 Å². The minimum atomic E-state index is -0.535.